The van der Waals surface area contributed by atoms with E-state index in [2.05, 4.69) is 10.3 Å². The molecule has 0 spiro atoms. The molecule has 1 aliphatic rings. The van der Waals surface area contributed by atoms with E-state index < -0.39 is 11.7 Å². The lowest BCUT2D eigenvalue weighted by atomic mass is 9.99. The Kier molecular flexibility index (Phi) is 7.01. The number of halogens is 2. The molecular weight excluding hydrogens is 373 g/mol. The minimum Gasteiger partial charge on any atom is -0.371 e. The van der Waals surface area contributed by atoms with Crippen molar-refractivity contribution >= 4 is 24.1 Å². The minimum atomic E-state index is -0.695. The molecule has 27 heavy (non-hydrogen) atoms. The van der Waals surface area contributed by atoms with Crippen molar-refractivity contribution in [1.29, 1.82) is 0 Å². The van der Waals surface area contributed by atoms with Gasteiger partial charge in [0.2, 0.25) is 0 Å². The van der Waals surface area contributed by atoms with Gasteiger partial charge in [0.15, 0.2) is 5.78 Å². The predicted molar refractivity (Wildman–Crippen MR) is 101 cm³/mol. The second-order valence-corrected chi connectivity index (χ2v) is 6.27. The predicted octanol–water partition coefficient (Wildman–Crippen LogP) is 2.14. The van der Waals surface area contributed by atoms with Gasteiger partial charge in [-0.2, -0.15) is 0 Å². The van der Waals surface area contributed by atoms with Gasteiger partial charge in [-0.05, 0) is 30.7 Å². The van der Waals surface area contributed by atoms with Crippen LogP contribution in [-0.4, -0.2) is 36.4 Å². The molecule has 2 heterocycles. The number of ketones is 1. The quantitative estimate of drug-likeness (QED) is 0.759. The summed E-state index contributed by atoms with van der Waals surface area (Å²) in [7, 11) is 0. The third-order valence-electron chi connectivity index (χ3n) is 4.23. The second kappa shape index (κ2) is 9.03. The molecule has 144 valence electrons. The third-order valence-corrected chi connectivity index (χ3v) is 4.23. The van der Waals surface area contributed by atoms with E-state index in [1.807, 2.05) is 0 Å². The van der Waals surface area contributed by atoms with Crippen LogP contribution in [0.3, 0.4) is 0 Å². The zero-order valence-corrected chi connectivity index (χ0v) is 15.6. The van der Waals surface area contributed by atoms with Crippen LogP contribution in [0.2, 0.25) is 0 Å². The topological polar surface area (TPSA) is 94.3 Å². The molecule has 1 aliphatic heterocycles. The number of nitrogens with one attached hydrogen (secondary N) is 1. The van der Waals surface area contributed by atoms with Gasteiger partial charge in [0, 0.05) is 36.3 Å². The van der Waals surface area contributed by atoms with E-state index in [9.17, 15) is 14.0 Å². The van der Waals surface area contributed by atoms with Gasteiger partial charge in [0.25, 0.3) is 5.91 Å². The smallest absolute Gasteiger partial charge is 0.267 e. The Labute approximate surface area is 162 Å². The summed E-state index contributed by atoms with van der Waals surface area (Å²) in [5.74, 6) is -1.33. The molecule has 8 heteroatoms. The van der Waals surface area contributed by atoms with Crippen LogP contribution >= 0.6 is 12.4 Å². The molecule has 2 aromatic rings. The van der Waals surface area contributed by atoms with Crippen LogP contribution in [0.15, 0.2) is 30.3 Å². The molecular formula is C19H21ClFN3O3. The van der Waals surface area contributed by atoms with E-state index in [0.29, 0.717) is 35.5 Å². The number of morpholine rings is 1. The van der Waals surface area contributed by atoms with E-state index in [-0.39, 0.29) is 36.4 Å². The number of carbonyl (C=O) groups is 2. The van der Waals surface area contributed by atoms with Crippen molar-refractivity contribution in [2.45, 2.75) is 19.4 Å². The zero-order chi connectivity index (χ0) is 18.7. The molecule has 1 aromatic carbocycles. The molecule has 6 nitrogen and oxygen atoms in total. The van der Waals surface area contributed by atoms with Gasteiger partial charge in [0.05, 0.1) is 12.7 Å². The summed E-state index contributed by atoms with van der Waals surface area (Å²) >= 11 is 0. The summed E-state index contributed by atoms with van der Waals surface area (Å²) in [5, 5.41) is 3.16. The van der Waals surface area contributed by atoms with Crippen LogP contribution in [0.1, 0.15) is 43.8 Å². The largest absolute Gasteiger partial charge is 0.371 e. The fourth-order valence-corrected chi connectivity index (χ4v) is 2.95. The first-order valence-corrected chi connectivity index (χ1v) is 8.36. The van der Waals surface area contributed by atoms with Crippen LogP contribution in [0.5, 0.6) is 0 Å². The number of carbonyl (C=O) groups excluding carboxylic acids is 2. The highest BCUT2D eigenvalue weighted by atomic mass is 35.5. The number of aryl methyl sites for hydroxylation is 1. The van der Waals surface area contributed by atoms with E-state index in [0.717, 1.165) is 6.54 Å². The van der Waals surface area contributed by atoms with Gasteiger partial charge in [0.1, 0.15) is 11.5 Å². The van der Waals surface area contributed by atoms with E-state index >= 15 is 0 Å². The number of amides is 1. The van der Waals surface area contributed by atoms with Gasteiger partial charge < -0.3 is 15.8 Å². The molecule has 1 saturated heterocycles. The Morgan fingerprint density at radius 3 is 2.74 bits per heavy atom. The van der Waals surface area contributed by atoms with Crippen LogP contribution < -0.4 is 11.1 Å². The average molecular weight is 394 g/mol. The maximum Gasteiger partial charge on any atom is 0.267 e. The molecule has 1 amide bonds. The van der Waals surface area contributed by atoms with Gasteiger partial charge in [-0.1, -0.05) is 12.1 Å². The Morgan fingerprint density at radius 1 is 1.33 bits per heavy atom. The van der Waals surface area contributed by atoms with E-state index in [4.69, 9.17) is 10.5 Å². The third kappa shape index (κ3) is 5.09. The summed E-state index contributed by atoms with van der Waals surface area (Å²) in [5.41, 5.74) is 7.15. The number of nitrogens with zero attached hydrogens (tertiary/aromatic N) is 1. The number of nitrogens with two attached hydrogens (primary N) is 1. The monoisotopic (exact) mass is 393 g/mol. The van der Waals surface area contributed by atoms with Gasteiger partial charge in [-0.3, -0.25) is 9.59 Å². The lowest BCUT2D eigenvalue weighted by Crippen LogP contribution is -2.33. The summed E-state index contributed by atoms with van der Waals surface area (Å²) in [6.45, 7) is 3.52. The number of ether oxygens (including phenoxy) is 1. The Hall–Kier alpha value is -2.35. The Morgan fingerprint density at radius 2 is 2.11 bits per heavy atom. The number of primary amides is 1. The van der Waals surface area contributed by atoms with Crippen molar-refractivity contribution < 1.29 is 18.7 Å². The normalized spacial score (nSPS) is 16.4. The highest BCUT2D eigenvalue weighted by Crippen LogP contribution is 2.23. The molecule has 0 aliphatic carbocycles. The molecule has 1 atom stereocenters. The molecule has 1 aromatic heterocycles. The van der Waals surface area contributed by atoms with E-state index in [1.165, 1.54) is 12.1 Å². The number of benzene rings is 1. The first-order chi connectivity index (χ1) is 12.4. The summed E-state index contributed by atoms with van der Waals surface area (Å²) in [6, 6.07) is 7.68. The lowest BCUT2D eigenvalue weighted by Gasteiger charge is -2.24. The average Bonchev–Trinajstić information content (AvgIpc) is 2.62. The number of aromatic nitrogens is 1. The summed E-state index contributed by atoms with van der Waals surface area (Å²) in [6.07, 6.45) is -0.308. The lowest BCUT2D eigenvalue weighted by molar-refractivity contribution is 0.0255. The zero-order valence-electron chi connectivity index (χ0n) is 14.8. The minimum absolute atomic E-state index is 0. The highest BCUT2D eigenvalue weighted by Gasteiger charge is 2.20. The van der Waals surface area contributed by atoms with Crippen molar-refractivity contribution in [3.8, 4) is 0 Å². The number of hydrogen-bond acceptors (Lipinski definition) is 5. The number of Topliss-reactive ketones (excluding diaryl/α,β-unsaturated/α-hetero) is 1. The maximum absolute atomic E-state index is 14.4. The Balaban J connectivity index is 0.00000261. The fraction of sp³-hybridized carbons (Fsp3) is 0.316. The van der Waals surface area contributed by atoms with Gasteiger partial charge in [-0.25, -0.2) is 9.37 Å². The Bertz CT molecular complexity index is 854. The van der Waals surface area contributed by atoms with Gasteiger partial charge in [-0.15, -0.1) is 12.4 Å². The van der Waals surface area contributed by atoms with Crippen LogP contribution in [0.25, 0.3) is 0 Å². The number of pyridine rings is 1. The fourth-order valence-electron chi connectivity index (χ4n) is 2.95. The molecule has 1 fully saturated rings. The number of hydrogen-bond donors (Lipinski definition) is 2. The molecule has 0 radical (unpaired) electrons. The van der Waals surface area contributed by atoms with E-state index in [1.54, 1.807) is 25.1 Å². The van der Waals surface area contributed by atoms with Crippen molar-refractivity contribution in [1.82, 2.24) is 10.3 Å². The van der Waals surface area contributed by atoms with Crippen LogP contribution in [0, 0.1) is 12.7 Å². The maximum atomic E-state index is 14.4. The molecule has 0 saturated carbocycles. The second-order valence-electron chi connectivity index (χ2n) is 6.27. The SMILES string of the molecule is Cc1cc(C(=O)Cc2ccc([C@H]3CNCCO3)c(F)c2)cc(C(N)=O)n1.Cl. The first-order valence-electron chi connectivity index (χ1n) is 8.36. The van der Waals surface area contributed by atoms with Crippen molar-refractivity contribution in [3.05, 3.63) is 64.2 Å². The van der Waals surface area contributed by atoms with Gasteiger partial charge >= 0.3 is 0 Å². The van der Waals surface area contributed by atoms with Crippen molar-refractivity contribution in [2.24, 2.45) is 5.73 Å². The number of rotatable bonds is 5. The van der Waals surface area contributed by atoms with Crippen molar-refractivity contribution in [2.75, 3.05) is 19.7 Å². The standard InChI is InChI=1S/C19H20FN3O3.ClH/c1-11-6-13(9-16(23-11)19(21)25)17(24)8-12-2-3-14(15(20)7-12)18-10-22-4-5-26-18;/h2-3,6-7,9,18,22H,4-5,8,10H2,1H3,(H2,21,25);1H/t18-;/m1./s1. The van der Waals surface area contributed by atoms with Crippen LogP contribution in [0.4, 0.5) is 4.39 Å². The summed E-state index contributed by atoms with van der Waals surface area (Å²) in [4.78, 5) is 27.8. The first kappa shape index (κ1) is 21.0. The molecule has 0 unspecified atom stereocenters. The summed E-state index contributed by atoms with van der Waals surface area (Å²) < 4.78 is 20.0. The van der Waals surface area contributed by atoms with Crippen LogP contribution in [-0.2, 0) is 11.2 Å². The molecule has 3 N–H and O–H groups in total. The highest BCUT2D eigenvalue weighted by molar-refractivity contribution is 6.00. The molecule has 0 bridgehead atoms. The molecule has 3 rings (SSSR count). The van der Waals surface area contributed by atoms with Crippen molar-refractivity contribution in [3.63, 3.8) is 0 Å².